The standard InChI is InChI=1S/C10H17ClFN/c11-10-2-1-8-6-13(4-3-12)7-9(8)5-10/h8-10H,1-7H2. The molecule has 0 bridgehead atoms. The molecule has 3 heteroatoms. The van der Waals surface area contributed by atoms with Gasteiger partial charge in [-0.05, 0) is 31.1 Å². The number of hydrogen-bond acceptors (Lipinski definition) is 1. The first-order valence-electron chi connectivity index (χ1n) is 5.22. The summed E-state index contributed by atoms with van der Waals surface area (Å²) in [7, 11) is 0. The van der Waals surface area contributed by atoms with Gasteiger partial charge in [-0.15, -0.1) is 11.6 Å². The minimum absolute atomic E-state index is 0.205. The van der Waals surface area contributed by atoms with Gasteiger partial charge in [-0.3, -0.25) is 0 Å². The second-order valence-electron chi connectivity index (χ2n) is 4.38. The lowest BCUT2D eigenvalue weighted by molar-refractivity contribution is 0.285. The van der Waals surface area contributed by atoms with E-state index in [9.17, 15) is 4.39 Å². The molecule has 0 aromatic carbocycles. The fraction of sp³-hybridized carbons (Fsp3) is 1.00. The summed E-state index contributed by atoms with van der Waals surface area (Å²) in [5.74, 6) is 1.56. The molecule has 0 spiro atoms. The zero-order valence-corrected chi connectivity index (χ0v) is 8.64. The predicted molar refractivity (Wildman–Crippen MR) is 52.9 cm³/mol. The van der Waals surface area contributed by atoms with Gasteiger partial charge in [-0.1, -0.05) is 0 Å². The molecule has 0 aromatic rings. The first kappa shape index (κ1) is 9.72. The van der Waals surface area contributed by atoms with E-state index in [2.05, 4.69) is 4.90 Å². The molecule has 3 unspecified atom stereocenters. The van der Waals surface area contributed by atoms with E-state index in [1.54, 1.807) is 0 Å². The Balaban J connectivity index is 1.87. The molecule has 0 N–H and O–H groups in total. The summed E-state index contributed by atoms with van der Waals surface area (Å²) in [6, 6.07) is 0. The Morgan fingerprint density at radius 3 is 2.77 bits per heavy atom. The summed E-state index contributed by atoms with van der Waals surface area (Å²) >= 11 is 6.12. The van der Waals surface area contributed by atoms with Crippen LogP contribution in [0.25, 0.3) is 0 Å². The SMILES string of the molecule is FCCN1CC2CCC(Cl)CC2C1. The van der Waals surface area contributed by atoms with Crippen molar-refractivity contribution in [2.45, 2.75) is 24.6 Å². The molecule has 13 heavy (non-hydrogen) atoms. The van der Waals surface area contributed by atoms with Gasteiger partial charge in [0.05, 0.1) is 0 Å². The maximum Gasteiger partial charge on any atom is 0.102 e. The van der Waals surface area contributed by atoms with Crippen LogP contribution in [0.3, 0.4) is 0 Å². The van der Waals surface area contributed by atoms with Crippen LogP contribution >= 0.6 is 11.6 Å². The maximum absolute atomic E-state index is 12.1. The molecule has 1 nitrogen and oxygen atoms in total. The summed E-state index contributed by atoms with van der Waals surface area (Å²) in [5.41, 5.74) is 0. The van der Waals surface area contributed by atoms with Crippen LogP contribution in [0.4, 0.5) is 4.39 Å². The fourth-order valence-electron chi connectivity index (χ4n) is 2.77. The normalized spacial score (nSPS) is 40.6. The van der Waals surface area contributed by atoms with E-state index in [4.69, 9.17) is 11.6 Å². The third-order valence-corrected chi connectivity index (χ3v) is 3.86. The predicted octanol–water partition coefficient (Wildman–Crippen LogP) is 2.30. The van der Waals surface area contributed by atoms with Gasteiger partial charge in [0.2, 0.25) is 0 Å². The summed E-state index contributed by atoms with van der Waals surface area (Å²) < 4.78 is 12.1. The van der Waals surface area contributed by atoms with Gasteiger partial charge >= 0.3 is 0 Å². The second kappa shape index (κ2) is 4.14. The second-order valence-corrected chi connectivity index (χ2v) is 5.00. The molecule has 0 amide bonds. The Kier molecular flexibility index (Phi) is 3.10. The highest BCUT2D eigenvalue weighted by atomic mass is 35.5. The average Bonchev–Trinajstić information content (AvgIpc) is 2.46. The summed E-state index contributed by atoms with van der Waals surface area (Å²) in [6.07, 6.45) is 3.56. The Morgan fingerprint density at radius 1 is 1.23 bits per heavy atom. The molecular formula is C10H17ClFN. The van der Waals surface area contributed by atoms with Crippen LogP contribution in [0.5, 0.6) is 0 Å². The first-order chi connectivity index (χ1) is 6.29. The maximum atomic E-state index is 12.1. The highest BCUT2D eigenvalue weighted by Crippen LogP contribution is 2.37. The van der Waals surface area contributed by atoms with Gasteiger partial charge < -0.3 is 4.90 Å². The third kappa shape index (κ3) is 2.16. The van der Waals surface area contributed by atoms with Gasteiger partial charge in [0.1, 0.15) is 6.67 Å². The summed E-state index contributed by atoms with van der Waals surface area (Å²) in [6.45, 7) is 2.61. The number of hydrogen-bond donors (Lipinski definition) is 0. The number of likely N-dealkylation sites (tertiary alicyclic amines) is 1. The van der Waals surface area contributed by atoms with Crippen LogP contribution in [0.2, 0.25) is 0 Å². The monoisotopic (exact) mass is 205 g/mol. The van der Waals surface area contributed by atoms with Crippen molar-refractivity contribution in [2.75, 3.05) is 26.3 Å². The van der Waals surface area contributed by atoms with Crippen molar-refractivity contribution in [3.8, 4) is 0 Å². The van der Waals surface area contributed by atoms with E-state index in [-0.39, 0.29) is 6.67 Å². The zero-order chi connectivity index (χ0) is 9.26. The first-order valence-corrected chi connectivity index (χ1v) is 5.65. The molecule has 1 saturated carbocycles. The van der Waals surface area contributed by atoms with E-state index in [0.717, 1.165) is 37.8 Å². The number of alkyl halides is 2. The van der Waals surface area contributed by atoms with Crippen LogP contribution in [0.15, 0.2) is 0 Å². The van der Waals surface area contributed by atoms with Crippen molar-refractivity contribution in [1.82, 2.24) is 4.90 Å². The van der Waals surface area contributed by atoms with E-state index in [1.807, 2.05) is 0 Å². The summed E-state index contributed by atoms with van der Waals surface area (Å²) in [5, 5.41) is 0.381. The van der Waals surface area contributed by atoms with Crippen molar-refractivity contribution in [1.29, 1.82) is 0 Å². The van der Waals surface area contributed by atoms with Crippen LogP contribution in [-0.2, 0) is 0 Å². The third-order valence-electron chi connectivity index (χ3n) is 3.46. The van der Waals surface area contributed by atoms with Crippen LogP contribution < -0.4 is 0 Å². The highest BCUT2D eigenvalue weighted by molar-refractivity contribution is 6.20. The molecule has 1 aliphatic carbocycles. The van der Waals surface area contributed by atoms with E-state index in [1.165, 1.54) is 6.42 Å². The lowest BCUT2D eigenvalue weighted by Crippen LogP contribution is -2.23. The Bertz CT molecular complexity index is 176. The van der Waals surface area contributed by atoms with Crippen molar-refractivity contribution in [2.24, 2.45) is 11.8 Å². The van der Waals surface area contributed by atoms with Gasteiger partial charge in [-0.2, -0.15) is 0 Å². The molecule has 2 aliphatic rings. The number of nitrogens with zero attached hydrogens (tertiary/aromatic N) is 1. The molecule has 1 saturated heterocycles. The average molecular weight is 206 g/mol. The zero-order valence-electron chi connectivity index (χ0n) is 7.88. The highest BCUT2D eigenvalue weighted by Gasteiger charge is 2.36. The quantitative estimate of drug-likeness (QED) is 0.626. The summed E-state index contributed by atoms with van der Waals surface area (Å²) in [4.78, 5) is 2.25. The largest absolute Gasteiger partial charge is 0.300 e. The lowest BCUT2D eigenvalue weighted by Gasteiger charge is -2.27. The van der Waals surface area contributed by atoms with E-state index >= 15 is 0 Å². The molecule has 1 heterocycles. The minimum atomic E-state index is -0.205. The van der Waals surface area contributed by atoms with Crippen molar-refractivity contribution in [3.05, 3.63) is 0 Å². The molecule has 2 rings (SSSR count). The van der Waals surface area contributed by atoms with E-state index < -0.39 is 0 Å². The number of rotatable bonds is 2. The van der Waals surface area contributed by atoms with Gasteiger partial charge in [-0.25, -0.2) is 4.39 Å². The smallest absolute Gasteiger partial charge is 0.102 e. The Hall–Kier alpha value is 0.180. The molecule has 3 atom stereocenters. The molecule has 2 fully saturated rings. The lowest BCUT2D eigenvalue weighted by atomic mass is 9.82. The minimum Gasteiger partial charge on any atom is -0.300 e. The van der Waals surface area contributed by atoms with Crippen molar-refractivity contribution < 1.29 is 4.39 Å². The molecule has 76 valence electrons. The molecule has 0 radical (unpaired) electrons. The van der Waals surface area contributed by atoms with Gasteiger partial charge in [0, 0.05) is 25.0 Å². The van der Waals surface area contributed by atoms with Crippen LogP contribution in [-0.4, -0.2) is 36.6 Å². The van der Waals surface area contributed by atoms with E-state index in [0.29, 0.717) is 11.9 Å². The topological polar surface area (TPSA) is 3.24 Å². The van der Waals surface area contributed by atoms with Gasteiger partial charge in [0.15, 0.2) is 0 Å². The van der Waals surface area contributed by atoms with Crippen molar-refractivity contribution >= 4 is 11.6 Å². The van der Waals surface area contributed by atoms with Crippen LogP contribution in [0.1, 0.15) is 19.3 Å². The Labute approximate surface area is 84.2 Å². The Morgan fingerprint density at radius 2 is 2.00 bits per heavy atom. The van der Waals surface area contributed by atoms with Crippen molar-refractivity contribution in [3.63, 3.8) is 0 Å². The van der Waals surface area contributed by atoms with Gasteiger partial charge in [0.25, 0.3) is 0 Å². The number of fused-ring (bicyclic) bond motifs is 1. The molecule has 1 aliphatic heterocycles. The molecular weight excluding hydrogens is 189 g/mol. The number of halogens is 2. The van der Waals surface area contributed by atoms with Crippen LogP contribution in [0, 0.1) is 11.8 Å². The molecule has 0 aromatic heterocycles. The fourth-order valence-corrected chi connectivity index (χ4v) is 3.13.